The summed E-state index contributed by atoms with van der Waals surface area (Å²) < 4.78 is 0. The molecule has 2 aromatic heterocycles. The first kappa shape index (κ1) is 13.3. The molecule has 0 unspecified atom stereocenters. The van der Waals surface area contributed by atoms with E-state index in [4.69, 9.17) is 5.73 Å². The van der Waals surface area contributed by atoms with Crippen LogP contribution in [0, 0.1) is 0 Å². The van der Waals surface area contributed by atoms with E-state index in [2.05, 4.69) is 25.4 Å². The fraction of sp³-hybridized carbons (Fsp3) is 0.417. The standard InChI is InChI=1S/C12H15N7O2/c13-10(20)9-5-8(16-17-9)7-1-3-19(4-2-7)12(21)11-14-6-15-18-11/h5-7H,1-4H2,(H2,13,20)(H,16,17)(H,14,15,18). The van der Waals surface area contributed by atoms with Gasteiger partial charge < -0.3 is 10.6 Å². The number of hydrogen-bond donors (Lipinski definition) is 3. The summed E-state index contributed by atoms with van der Waals surface area (Å²) >= 11 is 0. The van der Waals surface area contributed by atoms with Crippen LogP contribution in [-0.4, -0.2) is 55.2 Å². The third-order valence-electron chi connectivity index (χ3n) is 3.69. The van der Waals surface area contributed by atoms with Gasteiger partial charge in [-0.1, -0.05) is 0 Å². The number of piperidine rings is 1. The highest BCUT2D eigenvalue weighted by molar-refractivity contribution is 5.91. The molecule has 2 aromatic rings. The summed E-state index contributed by atoms with van der Waals surface area (Å²) in [7, 11) is 0. The predicted octanol–water partition coefficient (Wildman–Crippen LogP) is -0.354. The highest BCUT2D eigenvalue weighted by Gasteiger charge is 2.27. The monoisotopic (exact) mass is 289 g/mol. The SMILES string of the molecule is NC(=O)c1cc(C2CCN(C(=O)c3ncn[nH]3)CC2)[nH]n1. The molecule has 1 aliphatic heterocycles. The second-order valence-electron chi connectivity index (χ2n) is 4.97. The number of rotatable bonds is 3. The topological polar surface area (TPSA) is 134 Å². The zero-order valence-electron chi connectivity index (χ0n) is 11.2. The van der Waals surface area contributed by atoms with Crippen molar-refractivity contribution in [3.05, 3.63) is 29.6 Å². The van der Waals surface area contributed by atoms with Crippen LogP contribution in [-0.2, 0) is 0 Å². The Bertz CT molecular complexity index is 640. The van der Waals surface area contributed by atoms with Gasteiger partial charge in [0.05, 0.1) is 0 Å². The van der Waals surface area contributed by atoms with E-state index in [-0.39, 0.29) is 23.3 Å². The molecular formula is C12H15N7O2. The van der Waals surface area contributed by atoms with Gasteiger partial charge in [-0.3, -0.25) is 19.8 Å². The summed E-state index contributed by atoms with van der Waals surface area (Å²) in [6, 6.07) is 1.68. The van der Waals surface area contributed by atoms with Crippen LogP contribution in [0.15, 0.2) is 12.4 Å². The minimum Gasteiger partial charge on any atom is -0.364 e. The van der Waals surface area contributed by atoms with Gasteiger partial charge in [-0.15, -0.1) is 0 Å². The van der Waals surface area contributed by atoms with Gasteiger partial charge in [0.25, 0.3) is 11.8 Å². The van der Waals surface area contributed by atoms with Crippen LogP contribution in [0.5, 0.6) is 0 Å². The van der Waals surface area contributed by atoms with Crippen molar-refractivity contribution >= 4 is 11.8 Å². The van der Waals surface area contributed by atoms with Gasteiger partial charge in [-0.2, -0.15) is 10.2 Å². The van der Waals surface area contributed by atoms with Crippen molar-refractivity contribution < 1.29 is 9.59 Å². The molecule has 0 aliphatic carbocycles. The van der Waals surface area contributed by atoms with Crippen LogP contribution < -0.4 is 5.73 Å². The van der Waals surface area contributed by atoms with Gasteiger partial charge in [-0.05, 0) is 18.9 Å². The van der Waals surface area contributed by atoms with Crippen molar-refractivity contribution in [3.63, 3.8) is 0 Å². The predicted molar refractivity (Wildman–Crippen MR) is 71.4 cm³/mol. The Hall–Kier alpha value is -2.71. The Balaban J connectivity index is 1.62. The van der Waals surface area contributed by atoms with Crippen molar-refractivity contribution in [3.8, 4) is 0 Å². The molecule has 3 heterocycles. The smallest absolute Gasteiger partial charge is 0.291 e. The lowest BCUT2D eigenvalue weighted by Crippen LogP contribution is -2.38. The summed E-state index contributed by atoms with van der Waals surface area (Å²) in [5, 5.41) is 13.0. The Morgan fingerprint density at radius 2 is 2.05 bits per heavy atom. The maximum absolute atomic E-state index is 12.1. The number of nitrogens with zero attached hydrogens (tertiary/aromatic N) is 4. The number of carbonyl (C=O) groups excluding carboxylic acids is 2. The quantitative estimate of drug-likeness (QED) is 0.709. The minimum absolute atomic E-state index is 0.145. The Kier molecular flexibility index (Phi) is 3.38. The number of primary amides is 1. The molecule has 0 saturated carbocycles. The largest absolute Gasteiger partial charge is 0.364 e. The third kappa shape index (κ3) is 2.62. The van der Waals surface area contributed by atoms with E-state index in [1.54, 1.807) is 11.0 Å². The van der Waals surface area contributed by atoms with Crippen LogP contribution in [0.2, 0.25) is 0 Å². The molecular weight excluding hydrogens is 274 g/mol. The zero-order valence-corrected chi connectivity index (χ0v) is 11.2. The third-order valence-corrected chi connectivity index (χ3v) is 3.69. The van der Waals surface area contributed by atoms with Crippen LogP contribution in [0.4, 0.5) is 0 Å². The number of aromatic nitrogens is 5. The molecule has 1 aliphatic rings. The van der Waals surface area contributed by atoms with E-state index in [9.17, 15) is 9.59 Å². The van der Waals surface area contributed by atoms with Crippen molar-refractivity contribution in [2.24, 2.45) is 5.73 Å². The molecule has 3 rings (SSSR count). The molecule has 2 amide bonds. The Morgan fingerprint density at radius 3 is 2.62 bits per heavy atom. The molecule has 9 heteroatoms. The normalized spacial score (nSPS) is 16.1. The summed E-state index contributed by atoms with van der Waals surface area (Å²) in [6.07, 6.45) is 2.90. The van der Waals surface area contributed by atoms with E-state index in [0.29, 0.717) is 13.1 Å². The molecule has 21 heavy (non-hydrogen) atoms. The van der Waals surface area contributed by atoms with Gasteiger partial charge in [-0.25, -0.2) is 4.98 Å². The van der Waals surface area contributed by atoms with Crippen LogP contribution in [0.3, 0.4) is 0 Å². The number of nitrogens with two attached hydrogens (primary N) is 1. The number of likely N-dealkylation sites (tertiary alicyclic amines) is 1. The summed E-state index contributed by atoms with van der Waals surface area (Å²) in [5.41, 5.74) is 6.31. The van der Waals surface area contributed by atoms with Gasteiger partial charge in [0.1, 0.15) is 12.0 Å². The Morgan fingerprint density at radius 1 is 1.29 bits per heavy atom. The molecule has 0 aromatic carbocycles. The first-order valence-corrected chi connectivity index (χ1v) is 6.65. The molecule has 110 valence electrons. The molecule has 0 atom stereocenters. The lowest BCUT2D eigenvalue weighted by molar-refractivity contribution is 0.0700. The van der Waals surface area contributed by atoms with Crippen LogP contribution in [0.1, 0.15) is 45.6 Å². The zero-order chi connectivity index (χ0) is 14.8. The fourth-order valence-electron chi connectivity index (χ4n) is 2.52. The highest BCUT2D eigenvalue weighted by Crippen LogP contribution is 2.27. The van der Waals surface area contributed by atoms with Crippen molar-refractivity contribution in [1.82, 2.24) is 30.3 Å². The summed E-state index contributed by atoms with van der Waals surface area (Å²) in [4.78, 5) is 28.8. The van der Waals surface area contributed by atoms with Gasteiger partial charge in [0.15, 0.2) is 0 Å². The van der Waals surface area contributed by atoms with Crippen molar-refractivity contribution in [2.45, 2.75) is 18.8 Å². The number of amides is 2. The average molecular weight is 289 g/mol. The second kappa shape index (κ2) is 5.35. The molecule has 0 bridgehead atoms. The van der Waals surface area contributed by atoms with Gasteiger partial charge in [0, 0.05) is 24.7 Å². The van der Waals surface area contributed by atoms with E-state index in [0.717, 1.165) is 18.5 Å². The number of nitrogens with one attached hydrogen (secondary N) is 2. The number of hydrogen-bond acceptors (Lipinski definition) is 5. The number of aromatic amines is 2. The van der Waals surface area contributed by atoms with Gasteiger partial charge in [0.2, 0.25) is 5.82 Å². The second-order valence-corrected chi connectivity index (χ2v) is 4.97. The molecule has 4 N–H and O–H groups in total. The van der Waals surface area contributed by atoms with Crippen molar-refractivity contribution in [2.75, 3.05) is 13.1 Å². The van der Waals surface area contributed by atoms with E-state index in [1.807, 2.05) is 0 Å². The molecule has 0 spiro atoms. The van der Waals surface area contributed by atoms with E-state index >= 15 is 0 Å². The van der Waals surface area contributed by atoms with Crippen molar-refractivity contribution in [1.29, 1.82) is 0 Å². The maximum Gasteiger partial charge on any atom is 0.291 e. The van der Waals surface area contributed by atoms with Crippen LogP contribution in [0.25, 0.3) is 0 Å². The first-order valence-electron chi connectivity index (χ1n) is 6.65. The number of carbonyl (C=O) groups is 2. The first-order chi connectivity index (χ1) is 10.1. The molecule has 9 nitrogen and oxygen atoms in total. The summed E-state index contributed by atoms with van der Waals surface area (Å²) in [6.45, 7) is 1.24. The maximum atomic E-state index is 12.1. The minimum atomic E-state index is -0.546. The molecule has 1 saturated heterocycles. The average Bonchev–Trinajstić information content (AvgIpc) is 3.18. The lowest BCUT2D eigenvalue weighted by atomic mass is 9.93. The van der Waals surface area contributed by atoms with Gasteiger partial charge >= 0.3 is 0 Å². The summed E-state index contributed by atoms with van der Waals surface area (Å²) in [5.74, 6) is -0.195. The van der Waals surface area contributed by atoms with E-state index in [1.165, 1.54) is 6.33 Å². The lowest BCUT2D eigenvalue weighted by Gasteiger charge is -2.30. The molecule has 1 fully saturated rings. The highest BCUT2D eigenvalue weighted by atomic mass is 16.2. The fourth-order valence-corrected chi connectivity index (χ4v) is 2.52. The number of H-pyrrole nitrogens is 2. The Labute approximate surface area is 119 Å². The van der Waals surface area contributed by atoms with E-state index < -0.39 is 5.91 Å². The van der Waals surface area contributed by atoms with Crippen LogP contribution >= 0.6 is 0 Å². The molecule has 0 radical (unpaired) electrons.